The minimum atomic E-state index is -0.640. The summed E-state index contributed by atoms with van der Waals surface area (Å²) < 4.78 is 10.8. The van der Waals surface area contributed by atoms with E-state index < -0.39 is 6.04 Å². The van der Waals surface area contributed by atoms with Gasteiger partial charge in [-0.15, -0.1) is 6.42 Å². The molecule has 1 aliphatic rings. The standard InChI is InChI=1S/C25H26N2O3/c1-3-14-30-23-12-8-18(15-24(23)29-2)9-13-25(28)27-22(17-26)21-11-10-19-6-4-5-7-20(19)16-21/h1,8,10-12,15-16,22H,4-7,9,13-14H2,2H3,(H,27,28). The number of nitriles is 1. The molecule has 30 heavy (non-hydrogen) atoms. The predicted octanol–water partition coefficient (Wildman–Crippen LogP) is 3.90. The molecule has 154 valence electrons. The molecule has 1 atom stereocenters. The predicted molar refractivity (Wildman–Crippen MR) is 115 cm³/mol. The summed E-state index contributed by atoms with van der Waals surface area (Å²) in [4.78, 5) is 12.5. The molecule has 0 fully saturated rings. The van der Waals surface area contributed by atoms with Crippen molar-refractivity contribution in [3.05, 3.63) is 58.7 Å². The first-order valence-corrected chi connectivity index (χ1v) is 10.2. The van der Waals surface area contributed by atoms with Gasteiger partial charge in [-0.3, -0.25) is 4.79 Å². The van der Waals surface area contributed by atoms with Crippen LogP contribution in [0, 0.1) is 23.7 Å². The number of benzene rings is 2. The Balaban J connectivity index is 1.59. The summed E-state index contributed by atoms with van der Waals surface area (Å²) in [7, 11) is 1.56. The van der Waals surface area contributed by atoms with Crippen LogP contribution in [-0.2, 0) is 24.1 Å². The number of hydrogen-bond acceptors (Lipinski definition) is 4. The van der Waals surface area contributed by atoms with Crippen LogP contribution >= 0.6 is 0 Å². The first-order valence-electron chi connectivity index (χ1n) is 10.2. The van der Waals surface area contributed by atoms with Crippen LogP contribution in [0.1, 0.15) is 47.6 Å². The zero-order chi connectivity index (χ0) is 21.3. The number of nitrogens with one attached hydrogen (secondary N) is 1. The van der Waals surface area contributed by atoms with Gasteiger partial charge in [0.1, 0.15) is 12.6 Å². The van der Waals surface area contributed by atoms with Crippen molar-refractivity contribution in [2.75, 3.05) is 13.7 Å². The second-order valence-corrected chi connectivity index (χ2v) is 7.34. The largest absolute Gasteiger partial charge is 0.493 e. The molecule has 0 heterocycles. The van der Waals surface area contributed by atoms with Crippen LogP contribution < -0.4 is 14.8 Å². The lowest BCUT2D eigenvalue weighted by atomic mass is 9.89. The number of aryl methyl sites for hydroxylation is 3. The Labute approximate surface area is 178 Å². The third-order valence-corrected chi connectivity index (χ3v) is 5.32. The molecule has 1 amide bonds. The molecule has 3 rings (SSSR count). The highest BCUT2D eigenvalue weighted by Crippen LogP contribution is 2.29. The van der Waals surface area contributed by atoms with E-state index in [1.54, 1.807) is 13.2 Å². The maximum atomic E-state index is 12.5. The molecule has 0 radical (unpaired) electrons. The number of ether oxygens (including phenoxy) is 2. The Morgan fingerprint density at radius 2 is 1.97 bits per heavy atom. The SMILES string of the molecule is C#CCOc1ccc(CCC(=O)NC(C#N)c2ccc3c(c2)CCCC3)cc1OC. The fourth-order valence-corrected chi connectivity index (χ4v) is 3.72. The molecule has 0 spiro atoms. The van der Waals surface area contributed by atoms with Gasteiger partial charge in [0, 0.05) is 6.42 Å². The fraction of sp³-hybridized carbons (Fsp3) is 0.360. The summed E-state index contributed by atoms with van der Waals surface area (Å²) in [6.45, 7) is 0.163. The zero-order valence-electron chi connectivity index (χ0n) is 17.2. The minimum absolute atomic E-state index is 0.161. The van der Waals surface area contributed by atoms with E-state index >= 15 is 0 Å². The molecular weight excluding hydrogens is 376 g/mol. The highest BCUT2D eigenvalue weighted by molar-refractivity contribution is 5.77. The van der Waals surface area contributed by atoms with Crippen molar-refractivity contribution in [2.45, 2.75) is 44.6 Å². The molecule has 0 saturated carbocycles. The molecule has 1 unspecified atom stereocenters. The minimum Gasteiger partial charge on any atom is -0.493 e. The van der Waals surface area contributed by atoms with Crippen LogP contribution in [-0.4, -0.2) is 19.6 Å². The van der Waals surface area contributed by atoms with E-state index in [1.165, 1.54) is 24.0 Å². The number of nitrogens with zero attached hydrogens (tertiary/aromatic N) is 1. The van der Waals surface area contributed by atoms with Gasteiger partial charge in [0.25, 0.3) is 0 Å². The molecular formula is C25H26N2O3. The number of carbonyl (C=O) groups is 1. The lowest BCUT2D eigenvalue weighted by Crippen LogP contribution is -2.28. The number of carbonyl (C=O) groups excluding carboxylic acids is 1. The Kier molecular flexibility index (Phi) is 7.35. The molecule has 0 aliphatic heterocycles. The third-order valence-electron chi connectivity index (χ3n) is 5.32. The van der Waals surface area contributed by atoms with Crippen molar-refractivity contribution in [3.63, 3.8) is 0 Å². The number of hydrogen-bond donors (Lipinski definition) is 1. The normalized spacial score (nSPS) is 13.3. The van der Waals surface area contributed by atoms with E-state index in [1.807, 2.05) is 18.2 Å². The molecule has 5 nitrogen and oxygen atoms in total. The summed E-state index contributed by atoms with van der Waals surface area (Å²) in [6.07, 6.45) is 10.5. The van der Waals surface area contributed by atoms with Crippen LogP contribution in [0.2, 0.25) is 0 Å². The summed E-state index contributed by atoms with van der Waals surface area (Å²) in [5, 5.41) is 12.4. The van der Waals surface area contributed by atoms with E-state index in [-0.39, 0.29) is 18.9 Å². The van der Waals surface area contributed by atoms with E-state index in [2.05, 4.69) is 29.4 Å². The smallest absolute Gasteiger partial charge is 0.221 e. The monoisotopic (exact) mass is 402 g/mol. The fourth-order valence-electron chi connectivity index (χ4n) is 3.72. The van der Waals surface area contributed by atoms with Gasteiger partial charge in [-0.25, -0.2) is 0 Å². The molecule has 5 heteroatoms. The van der Waals surface area contributed by atoms with Gasteiger partial charge in [-0.2, -0.15) is 5.26 Å². The van der Waals surface area contributed by atoms with Crippen LogP contribution in [0.5, 0.6) is 11.5 Å². The lowest BCUT2D eigenvalue weighted by Gasteiger charge is -2.19. The van der Waals surface area contributed by atoms with Gasteiger partial charge >= 0.3 is 0 Å². The summed E-state index contributed by atoms with van der Waals surface area (Å²) >= 11 is 0. The van der Waals surface area contributed by atoms with Crippen molar-refractivity contribution in [1.29, 1.82) is 5.26 Å². The van der Waals surface area contributed by atoms with Gasteiger partial charge in [0.2, 0.25) is 5.91 Å². The Morgan fingerprint density at radius 3 is 2.70 bits per heavy atom. The highest BCUT2D eigenvalue weighted by atomic mass is 16.5. The molecule has 0 bridgehead atoms. The summed E-state index contributed by atoms with van der Waals surface area (Å²) in [6, 6.07) is 13.2. The second-order valence-electron chi connectivity index (χ2n) is 7.34. The number of methoxy groups -OCH3 is 1. The maximum absolute atomic E-state index is 12.5. The van der Waals surface area contributed by atoms with E-state index in [0.29, 0.717) is 17.9 Å². The molecule has 0 aromatic heterocycles. The van der Waals surface area contributed by atoms with E-state index in [9.17, 15) is 10.1 Å². The number of fused-ring (bicyclic) bond motifs is 1. The van der Waals surface area contributed by atoms with Crippen LogP contribution in [0.25, 0.3) is 0 Å². The van der Waals surface area contributed by atoms with E-state index in [0.717, 1.165) is 24.0 Å². The maximum Gasteiger partial charge on any atom is 0.221 e. The summed E-state index contributed by atoms with van der Waals surface area (Å²) in [5.41, 5.74) is 4.45. The number of rotatable bonds is 8. The quantitative estimate of drug-likeness (QED) is 0.680. The molecule has 2 aromatic rings. The summed E-state index contributed by atoms with van der Waals surface area (Å²) in [5.74, 6) is 3.40. The van der Waals surface area contributed by atoms with Crippen molar-refractivity contribution >= 4 is 5.91 Å². The van der Waals surface area contributed by atoms with Crippen molar-refractivity contribution in [1.82, 2.24) is 5.32 Å². The first-order chi connectivity index (χ1) is 14.6. The van der Waals surface area contributed by atoms with Crippen LogP contribution in [0.3, 0.4) is 0 Å². The van der Waals surface area contributed by atoms with Gasteiger partial charge in [-0.1, -0.05) is 30.2 Å². The Morgan fingerprint density at radius 1 is 1.17 bits per heavy atom. The van der Waals surface area contributed by atoms with Crippen LogP contribution in [0.4, 0.5) is 0 Å². The van der Waals surface area contributed by atoms with Gasteiger partial charge < -0.3 is 14.8 Å². The molecule has 1 aliphatic carbocycles. The Bertz CT molecular complexity index is 985. The topological polar surface area (TPSA) is 71.3 Å². The second kappa shape index (κ2) is 10.4. The van der Waals surface area contributed by atoms with Gasteiger partial charge in [-0.05, 0) is 66.5 Å². The lowest BCUT2D eigenvalue weighted by molar-refractivity contribution is -0.121. The third kappa shape index (κ3) is 5.33. The van der Waals surface area contributed by atoms with Gasteiger partial charge in [0.15, 0.2) is 11.5 Å². The molecule has 1 N–H and O–H groups in total. The highest BCUT2D eigenvalue weighted by Gasteiger charge is 2.17. The van der Waals surface area contributed by atoms with Crippen molar-refractivity contribution in [3.8, 4) is 29.9 Å². The first kappa shape index (κ1) is 21.3. The zero-order valence-corrected chi connectivity index (χ0v) is 17.2. The molecule has 0 saturated heterocycles. The van der Waals surface area contributed by atoms with Crippen molar-refractivity contribution < 1.29 is 14.3 Å². The Hall–Kier alpha value is -3.44. The average molecular weight is 402 g/mol. The van der Waals surface area contributed by atoms with Crippen molar-refractivity contribution in [2.24, 2.45) is 0 Å². The van der Waals surface area contributed by atoms with Crippen LogP contribution in [0.15, 0.2) is 36.4 Å². The van der Waals surface area contributed by atoms with Gasteiger partial charge in [0.05, 0.1) is 13.2 Å². The average Bonchev–Trinajstić information content (AvgIpc) is 2.79. The molecule has 2 aromatic carbocycles. The van der Waals surface area contributed by atoms with E-state index in [4.69, 9.17) is 15.9 Å². The number of terminal acetylenes is 1. The number of amides is 1.